The van der Waals surface area contributed by atoms with Crippen LogP contribution in [-0.4, -0.2) is 19.7 Å². The summed E-state index contributed by atoms with van der Waals surface area (Å²) in [6, 6.07) is 2.32. The number of nitrogens with two attached hydrogens (primary N) is 1. The lowest BCUT2D eigenvalue weighted by Crippen LogP contribution is -2.26. The zero-order valence-corrected chi connectivity index (χ0v) is 12.3. The highest BCUT2D eigenvalue weighted by Gasteiger charge is 2.25. The Labute approximate surface area is 122 Å². The van der Waals surface area contributed by atoms with Gasteiger partial charge in [-0.05, 0) is 24.7 Å². The minimum Gasteiger partial charge on any atom is -0.432 e. The summed E-state index contributed by atoms with van der Waals surface area (Å²) < 4.78 is 42.4. The highest BCUT2D eigenvalue weighted by Crippen LogP contribution is 2.36. The fraction of sp³-hybridized carbons (Fsp3) is 0.600. The number of alkyl halides is 2. The van der Waals surface area contributed by atoms with Crippen molar-refractivity contribution < 1.29 is 17.9 Å². The molecule has 1 aromatic rings. The van der Waals surface area contributed by atoms with Crippen molar-refractivity contribution in [3.63, 3.8) is 0 Å². The smallest absolute Gasteiger partial charge is 0.387 e. The van der Waals surface area contributed by atoms with Crippen LogP contribution in [0.2, 0.25) is 0 Å². The van der Waals surface area contributed by atoms with Crippen molar-refractivity contribution in [2.45, 2.75) is 39.7 Å². The minimum absolute atomic E-state index is 0.242. The van der Waals surface area contributed by atoms with E-state index in [9.17, 15) is 13.2 Å². The number of nitrogen functional groups attached to an aromatic ring is 1. The molecule has 1 aromatic carbocycles. The van der Waals surface area contributed by atoms with Crippen LogP contribution in [0.4, 0.5) is 24.5 Å². The Hall–Kier alpha value is -1.59. The second-order valence-electron chi connectivity index (χ2n) is 6.22. The molecule has 0 aliphatic carbocycles. The van der Waals surface area contributed by atoms with Crippen LogP contribution in [0.15, 0.2) is 12.1 Å². The van der Waals surface area contributed by atoms with E-state index in [1.807, 2.05) is 4.90 Å². The van der Waals surface area contributed by atoms with E-state index in [4.69, 9.17) is 5.73 Å². The number of anilines is 2. The first kappa shape index (κ1) is 15.8. The molecule has 0 radical (unpaired) electrons. The number of nitrogens with zero attached hydrogens (tertiary/aromatic N) is 1. The van der Waals surface area contributed by atoms with Crippen LogP contribution in [0.1, 0.15) is 33.1 Å². The van der Waals surface area contributed by atoms with Gasteiger partial charge in [-0.15, -0.1) is 0 Å². The van der Waals surface area contributed by atoms with E-state index in [0.29, 0.717) is 5.69 Å². The predicted molar refractivity (Wildman–Crippen MR) is 77.3 cm³/mol. The van der Waals surface area contributed by atoms with Crippen LogP contribution >= 0.6 is 0 Å². The molecule has 2 rings (SSSR count). The van der Waals surface area contributed by atoms with Crippen molar-refractivity contribution in [3.05, 3.63) is 17.9 Å². The van der Waals surface area contributed by atoms with Gasteiger partial charge in [-0.25, -0.2) is 4.39 Å². The van der Waals surface area contributed by atoms with Crippen LogP contribution in [0.5, 0.6) is 5.75 Å². The normalized spacial score (nSPS) is 18.7. The zero-order valence-electron chi connectivity index (χ0n) is 12.3. The molecule has 1 aliphatic rings. The van der Waals surface area contributed by atoms with Gasteiger partial charge in [-0.2, -0.15) is 8.78 Å². The number of ether oxygens (including phenoxy) is 1. The minimum atomic E-state index is -3.06. The van der Waals surface area contributed by atoms with Gasteiger partial charge >= 0.3 is 6.61 Å². The summed E-state index contributed by atoms with van der Waals surface area (Å²) in [4.78, 5) is 2.02. The summed E-state index contributed by atoms with van der Waals surface area (Å²) >= 11 is 0. The Bertz CT molecular complexity index is 506. The van der Waals surface area contributed by atoms with Crippen LogP contribution in [0.3, 0.4) is 0 Å². The first-order valence-corrected chi connectivity index (χ1v) is 7.07. The van der Waals surface area contributed by atoms with Crippen LogP contribution in [-0.2, 0) is 0 Å². The van der Waals surface area contributed by atoms with Gasteiger partial charge in [-0.3, -0.25) is 0 Å². The second-order valence-corrected chi connectivity index (χ2v) is 6.22. The fourth-order valence-corrected chi connectivity index (χ4v) is 2.68. The molecular formula is C15H21F3N2O. The third-order valence-corrected chi connectivity index (χ3v) is 3.98. The largest absolute Gasteiger partial charge is 0.432 e. The molecule has 1 aliphatic heterocycles. The number of rotatable bonds is 3. The Morgan fingerprint density at radius 1 is 1.24 bits per heavy atom. The number of hydrogen-bond donors (Lipinski definition) is 1. The van der Waals surface area contributed by atoms with E-state index in [2.05, 4.69) is 18.6 Å². The van der Waals surface area contributed by atoms with Gasteiger partial charge in [-0.1, -0.05) is 13.8 Å². The molecule has 0 atom stereocenters. The van der Waals surface area contributed by atoms with Crippen molar-refractivity contribution in [1.29, 1.82) is 0 Å². The van der Waals surface area contributed by atoms with E-state index < -0.39 is 18.2 Å². The van der Waals surface area contributed by atoms with Crippen molar-refractivity contribution in [2.24, 2.45) is 5.41 Å². The van der Waals surface area contributed by atoms with Crippen molar-refractivity contribution >= 4 is 11.4 Å². The SMILES string of the molecule is CC1(C)CCCN(c2cc(OC(F)F)c(F)cc2N)CC1. The molecule has 3 nitrogen and oxygen atoms in total. The first-order valence-electron chi connectivity index (χ1n) is 7.07. The molecule has 0 bridgehead atoms. The average Bonchev–Trinajstić information content (AvgIpc) is 2.53. The van der Waals surface area contributed by atoms with Crippen molar-refractivity contribution in [3.8, 4) is 5.75 Å². The summed E-state index contributed by atoms with van der Waals surface area (Å²) in [5.74, 6) is -1.33. The molecule has 2 N–H and O–H groups in total. The van der Waals surface area contributed by atoms with Gasteiger partial charge in [0.25, 0.3) is 0 Å². The monoisotopic (exact) mass is 302 g/mol. The maximum atomic E-state index is 13.6. The Morgan fingerprint density at radius 3 is 2.62 bits per heavy atom. The molecule has 0 amide bonds. The molecule has 0 unspecified atom stereocenters. The van der Waals surface area contributed by atoms with Gasteiger partial charge in [0.15, 0.2) is 11.6 Å². The van der Waals surface area contributed by atoms with E-state index in [-0.39, 0.29) is 11.1 Å². The molecule has 0 spiro atoms. The van der Waals surface area contributed by atoms with Crippen LogP contribution in [0.25, 0.3) is 0 Å². The molecule has 6 heteroatoms. The van der Waals surface area contributed by atoms with E-state index in [1.165, 1.54) is 6.07 Å². The van der Waals surface area contributed by atoms with Crippen LogP contribution in [0, 0.1) is 11.2 Å². The first-order chi connectivity index (χ1) is 9.78. The Kier molecular flexibility index (Phi) is 4.54. The summed E-state index contributed by atoms with van der Waals surface area (Å²) in [6.07, 6.45) is 3.04. The lowest BCUT2D eigenvalue weighted by molar-refractivity contribution is -0.0521. The lowest BCUT2D eigenvalue weighted by atomic mass is 9.85. The molecular weight excluding hydrogens is 281 g/mol. The fourth-order valence-electron chi connectivity index (χ4n) is 2.68. The second kappa shape index (κ2) is 6.03. The standard InChI is InChI=1S/C15H21F3N2O/c1-15(2)4-3-6-20(7-5-15)12-9-13(21-14(17)18)10(16)8-11(12)19/h8-9,14H,3-7,19H2,1-2H3. The van der Waals surface area contributed by atoms with E-state index in [0.717, 1.165) is 38.4 Å². The van der Waals surface area contributed by atoms with Gasteiger partial charge in [0.2, 0.25) is 0 Å². The molecule has 1 fully saturated rings. The molecule has 0 aromatic heterocycles. The van der Waals surface area contributed by atoms with Crippen LogP contribution < -0.4 is 15.4 Å². The predicted octanol–water partition coefficient (Wildman–Crippen LogP) is 4.03. The van der Waals surface area contributed by atoms with E-state index in [1.54, 1.807) is 0 Å². The topological polar surface area (TPSA) is 38.5 Å². The quantitative estimate of drug-likeness (QED) is 0.857. The molecule has 118 valence electrons. The third-order valence-electron chi connectivity index (χ3n) is 3.98. The molecule has 1 heterocycles. The van der Waals surface area contributed by atoms with Crippen molar-refractivity contribution in [2.75, 3.05) is 23.7 Å². The van der Waals surface area contributed by atoms with Gasteiger partial charge in [0, 0.05) is 25.2 Å². The molecule has 1 saturated heterocycles. The zero-order chi connectivity index (χ0) is 15.6. The summed E-state index contributed by atoms with van der Waals surface area (Å²) in [6.45, 7) is 2.88. The van der Waals surface area contributed by atoms with Gasteiger partial charge in [0.05, 0.1) is 11.4 Å². The Morgan fingerprint density at radius 2 is 1.95 bits per heavy atom. The maximum absolute atomic E-state index is 13.6. The Balaban J connectivity index is 2.26. The lowest BCUT2D eigenvalue weighted by Gasteiger charge is -2.26. The average molecular weight is 302 g/mol. The maximum Gasteiger partial charge on any atom is 0.387 e. The highest BCUT2D eigenvalue weighted by molar-refractivity contribution is 5.70. The summed E-state index contributed by atoms with van der Waals surface area (Å²) in [5, 5.41) is 0. The summed E-state index contributed by atoms with van der Waals surface area (Å²) in [7, 11) is 0. The highest BCUT2D eigenvalue weighted by atomic mass is 19.3. The summed E-state index contributed by atoms with van der Waals surface area (Å²) in [5.41, 5.74) is 6.89. The van der Waals surface area contributed by atoms with E-state index >= 15 is 0 Å². The van der Waals surface area contributed by atoms with Gasteiger partial charge < -0.3 is 15.4 Å². The third kappa shape index (κ3) is 3.95. The van der Waals surface area contributed by atoms with Crippen molar-refractivity contribution in [1.82, 2.24) is 0 Å². The number of hydrogen-bond acceptors (Lipinski definition) is 3. The number of halogens is 3. The van der Waals surface area contributed by atoms with Gasteiger partial charge in [0.1, 0.15) is 0 Å². The number of benzene rings is 1. The molecule has 0 saturated carbocycles. The molecule has 21 heavy (non-hydrogen) atoms.